The first-order valence-corrected chi connectivity index (χ1v) is 6.13. The average molecular weight is 264 g/mol. The molecule has 1 amide bonds. The van der Waals surface area contributed by atoms with Crippen molar-refractivity contribution in [1.82, 2.24) is 9.80 Å². The van der Waals surface area contributed by atoms with Gasteiger partial charge < -0.3 is 10.6 Å². The number of likely N-dealkylation sites (N-methyl/N-ethyl adjacent to an activating group) is 2. The summed E-state index contributed by atoms with van der Waals surface area (Å²) in [5, 5.41) is 0. The third kappa shape index (κ3) is 4.82. The molecule has 102 valence electrons. The Morgan fingerprint density at radius 1 is 1.35 bits per heavy atom. The van der Waals surface area contributed by atoms with Gasteiger partial charge in [-0.15, -0.1) is 12.4 Å². The van der Waals surface area contributed by atoms with Crippen LogP contribution in [0.1, 0.15) is 26.7 Å². The minimum Gasteiger partial charge on any atom is -0.342 e. The van der Waals surface area contributed by atoms with Gasteiger partial charge in [0, 0.05) is 25.7 Å². The molecule has 0 aromatic carbocycles. The van der Waals surface area contributed by atoms with Crippen LogP contribution in [-0.2, 0) is 4.79 Å². The molecule has 1 aliphatic carbocycles. The molecular weight excluding hydrogens is 238 g/mol. The molecule has 0 spiro atoms. The van der Waals surface area contributed by atoms with Gasteiger partial charge in [-0.25, -0.2) is 0 Å². The van der Waals surface area contributed by atoms with Crippen LogP contribution in [0.4, 0.5) is 0 Å². The summed E-state index contributed by atoms with van der Waals surface area (Å²) in [5.41, 5.74) is 5.76. The minimum atomic E-state index is 0. The lowest BCUT2D eigenvalue weighted by atomic mass is 10.1. The molecule has 1 saturated carbocycles. The van der Waals surface area contributed by atoms with Gasteiger partial charge in [0.15, 0.2) is 0 Å². The number of nitrogens with zero attached hydrogens (tertiary/aromatic N) is 2. The van der Waals surface area contributed by atoms with Crippen LogP contribution in [0, 0.1) is 5.92 Å². The summed E-state index contributed by atoms with van der Waals surface area (Å²) in [6, 6.07) is 0.641. The molecule has 5 heteroatoms. The van der Waals surface area contributed by atoms with E-state index in [0.29, 0.717) is 25.0 Å². The van der Waals surface area contributed by atoms with Crippen LogP contribution in [0.3, 0.4) is 0 Å². The van der Waals surface area contributed by atoms with Crippen molar-refractivity contribution in [3.8, 4) is 0 Å². The predicted octanol–water partition coefficient (Wildman–Crippen LogP) is 0.944. The summed E-state index contributed by atoms with van der Waals surface area (Å²) in [6.45, 7) is 5.19. The topological polar surface area (TPSA) is 49.6 Å². The molecule has 4 nitrogen and oxygen atoms in total. The number of carbonyl (C=O) groups is 1. The maximum Gasteiger partial charge on any atom is 0.236 e. The van der Waals surface area contributed by atoms with Crippen molar-refractivity contribution >= 4 is 18.3 Å². The van der Waals surface area contributed by atoms with Gasteiger partial charge in [-0.2, -0.15) is 0 Å². The number of hydrogen-bond acceptors (Lipinski definition) is 3. The van der Waals surface area contributed by atoms with Gasteiger partial charge in [-0.1, -0.05) is 0 Å². The van der Waals surface area contributed by atoms with Gasteiger partial charge in [-0.05, 0) is 39.7 Å². The predicted molar refractivity (Wildman–Crippen MR) is 73.4 cm³/mol. The first kappa shape index (κ1) is 16.7. The highest BCUT2D eigenvalue weighted by Gasteiger charge is 2.33. The number of hydrogen-bond donors (Lipinski definition) is 1. The van der Waals surface area contributed by atoms with Crippen molar-refractivity contribution < 1.29 is 4.79 Å². The zero-order valence-electron chi connectivity index (χ0n) is 11.3. The third-order valence-corrected chi connectivity index (χ3v) is 3.53. The van der Waals surface area contributed by atoms with E-state index in [1.54, 1.807) is 4.90 Å². The van der Waals surface area contributed by atoms with E-state index in [4.69, 9.17) is 5.73 Å². The van der Waals surface area contributed by atoms with E-state index in [0.717, 1.165) is 0 Å². The normalized spacial score (nSPS) is 16.9. The minimum absolute atomic E-state index is 0. The molecule has 1 unspecified atom stereocenters. The van der Waals surface area contributed by atoms with E-state index in [-0.39, 0.29) is 24.4 Å². The van der Waals surface area contributed by atoms with Crippen molar-refractivity contribution in [2.24, 2.45) is 11.7 Å². The van der Waals surface area contributed by atoms with Crippen molar-refractivity contribution in [2.75, 3.05) is 27.2 Å². The van der Waals surface area contributed by atoms with E-state index in [1.165, 1.54) is 12.8 Å². The first-order valence-electron chi connectivity index (χ1n) is 6.13. The van der Waals surface area contributed by atoms with Crippen molar-refractivity contribution in [2.45, 2.75) is 38.8 Å². The summed E-state index contributed by atoms with van der Waals surface area (Å²) in [6.07, 6.45) is 2.53. The Bertz CT molecular complexity index is 244. The Hall–Kier alpha value is -0.320. The molecule has 0 saturated heterocycles. The van der Waals surface area contributed by atoms with Crippen molar-refractivity contribution in [1.29, 1.82) is 0 Å². The van der Waals surface area contributed by atoms with Gasteiger partial charge in [0.05, 0.1) is 6.54 Å². The Kier molecular flexibility index (Phi) is 7.05. The molecule has 2 N–H and O–H groups in total. The van der Waals surface area contributed by atoms with Gasteiger partial charge in [0.1, 0.15) is 0 Å². The molecule has 1 rings (SSSR count). The molecule has 1 atom stereocenters. The van der Waals surface area contributed by atoms with Crippen LogP contribution in [0.25, 0.3) is 0 Å². The average Bonchev–Trinajstić information content (AvgIpc) is 3.01. The number of amides is 1. The molecule has 0 aromatic heterocycles. The molecule has 0 aliphatic heterocycles. The van der Waals surface area contributed by atoms with Crippen LogP contribution >= 0.6 is 12.4 Å². The van der Waals surface area contributed by atoms with Gasteiger partial charge >= 0.3 is 0 Å². The monoisotopic (exact) mass is 263 g/mol. The molecule has 17 heavy (non-hydrogen) atoms. The van der Waals surface area contributed by atoms with E-state index in [9.17, 15) is 4.79 Å². The third-order valence-electron chi connectivity index (χ3n) is 3.53. The second-order valence-electron chi connectivity index (χ2n) is 5.15. The fraction of sp³-hybridized carbons (Fsp3) is 0.917. The number of rotatable bonds is 6. The highest BCUT2D eigenvalue weighted by Crippen LogP contribution is 2.34. The molecule has 0 heterocycles. The standard InChI is InChI=1S/C12H25N3O.ClH/c1-9(2)15(4)12(16)8-14(3)11(7-13)10-5-6-10;/h9-11H,5-8,13H2,1-4H3;1H. The lowest BCUT2D eigenvalue weighted by molar-refractivity contribution is -0.132. The highest BCUT2D eigenvalue weighted by molar-refractivity contribution is 5.85. The quantitative estimate of drug-likeness (QED) is 0.776. The van der Waals surface area contributed by atoms with Crippen LogP contribution in [-0.4, -0.2) is 55.0 Å². The largest absolute Gasteiger partial charge is 0.342 e. The maximum atomic E-state index is 11.9. The van der Waals surface area contributed by atoms with E-state index in [1.807, 2.05) is 27.9 Å². The van der Waals surface area contributed by atoms with Crippen LogP contribution < -0.4 is 5.73 Å². The summed E-state index contributed by atoms with van der Waals surface area (Å²) in [4.78, 5) is 15.8. The Labute approximate surface area is 111 Å². The zero-order chi connectivity index (χ0) is 12.3. The number of halogens is 1. The number of nitrogens with two attached hydrogens (primary N) is 1. The summed E-state index contributed by atoms with van der Waals surface area (Å²) in [7, 11) is 3.86. The van der Waals surface area contributed by atoms with Gasteiger partial charge in [-0.3, -0.25) is 9.69 Å². The zero-order valence-corrected chi connectivity index (χ0v) is 12.2. The lowest BCUT2D eigenvalue weighted by Gasteiger charge is -2.29. The SMILES string of the molecule is CC(C)N(C)C(=O)CN(C)C(CN)C1CC1.Cl. The second-order valence-corrected chi connectivity index (χ2v) is 5.15. The lowest BCUT2D eigenvalue weighted by Crippen LogP contribution is -2.46. The molecule has 1 fully saturated rings. The van der Waals surface area contributed by atoms with Crippen LogP contribution in [0.2, 0.25) is 0 Å². The molecule has 1 aliphatic rings. The Balaban J connectivity index is 0.00000256. The molecular formula is C12H26ClN3O. The summed E-state index contributed by atoms with van der Waals surface area (Å²) in [5.74, 6) is 0.892. The molecule has 0 bridgehead atoms. The molecule has 0 radical (unpaired) electrons. The summed E-state index contributed by atoms with van der Waals surface area (Å²) >= 11 is 0. The van der Waals surface area contributed by atoms with Crippen molar-refractivity contribution in [3.05, 3.63) is 0 Å². The fourth-order valence-corrected chi connectivity index (χ4v) is 1.94. The van der Waals surface area contributed by atoms with Crippen molar-refractivity contribution in [3.63, 3.8) is 0 Å². The second kappa shape index (κ2) is 7.19. The Morgan fingerprint density at radius 3 is 2.24 bits per heavy atom. The van der Waals surface area contributed by atoms with E-state index >= 15 is 0 Å². The smallest absolute Gasteiger partial charge is 0.236 e. The maximum absolute atomic E-state index is 11.9. The van der Waals surface area contributed by atoms with Crippen LogP contribution in [0.15, 0.2) is 0 Å². The van der Waals surface area contributed by atoms with Crippen LogP contribution in [0.5, 0.6) is 0 Å². The highest BCUT2D eigenvalue weighted by atomic mass is 35.5. The van der Waals surface area contributed by atoms with Gasteiger partial charge in [0.25, 0.3) is 0 Å². The van der Waals surface area contributed by atoms with E-state index in [2.05, 4.69) is 4.90 Å². The molecule has 0 aromatic rings. The first-order chi connectivity index (χ1) is 7.47. The van der Waals surface area contributed by atoms with E-state index < -0.39 is 0 Å². The number of carbonyl (C=O) groups excluding carboxylic acids is 1. The fourth-order valence-electron chi connectivity index (χ4n) is 1.94. The Morgan fingerprint density at radius 2 is 1.88 bits per heavy atom. The summed E-state index contributed by atoms with van der Waals surface area (Å²) < 4.78 is 0. The van der Waals surface area contributed by atoms with Gasteiger partial charge in [0.2, 0.25) is 5.91 Å².